The molecule has 0 aliphatic heterocycles. The summed E-state index contributed by atoms with van der Waals surface area (Å²) in [4.78, 5) is 11.8. The van der Waals surface area contributed by atoms with E-state index in [-0.39, 0.29) is 0 Å². The summed E-state index contributed by atoms with van der Waals surface area (Å²) in [6.07, 6.45) is 0. The third-order valence-electron chi connectivity index (χ3n) is 2.88. The molecule has 2 aromatic rings. The molecular formula is C15H15BrN2O3. The van der Waals surface area contributed by atoms with Crippen LogP contribution in [0.1, 0.15) is 10.4 Å². The summed E-state index contributed by atoms with van der Waals surface area (Å²) in [7, 11) is 2.92. The van der Waals surface area contributed by atoms with E-state index < -0.39 is 5.97 Å². The SMILES string of the molecule is COC(=O)c1cccc(N)c1Nc1cc(Br)cc(OC)c1. The van der Waals surface area contributed by atoms with E-state index in [0.29, 0.717) is 22.7 Å². The van der Waals surface area contributed by atoms with Gasteiger partial charge in [0.2, 0.25) is 0 Å². The van der Waals surface area contributed by atoms with Crippen molar-refractivity contribution in [2.75, 3.05) is 25.3 Å². The van der Waals surface area contributed by atoms with Crippen molar-refractivity contribution in [1.29, 1.82) is 0 Å². The normalized spacial score (nSPS) is 10.0. The van der Waals surface area contributed by atoms with Crippen molar-refractivity contribution in [2.45, 2.75) is 0 Å². The van der Waals surface area contributed by atoms with Crippen molar-refractivity contribution in [1.82, 2.24) is 0 Å². The highest BCUT2D eigenvalue weighted by Crippen LogP contribution is 2.31. The van der Waals surface area contributed by atoms with Gasteiger partial charge in [0.25, 0.3) is 0 Å². The number of carbonyl (C=O) groups is 1. The lowest BCUT2D eigenvalue weighted by molar-refractivity contribution is 0.0602. The molecule has 0 spiro atoms. The Morgan fingerprint density at radius 1 is 1.24 bits per heavy atom. The zero-order chi connectivity index (χ0) is 15.4. The molecule has 0 heterocycles. The molecule has 2 aromatic carbocycles. The van der Waals surface area contributed by atoms with Crippen molar-refractivity contribution in [3.63, 3.8) is 0 Å². The van der Waals surface area contributed by atoms with Crippen LogP contribution in [-0.2, 0) is 4.74 Å². The van der Waals surface area contributed by atoms with Gasteiger partial charge in [-0.1, -0.05) is 22.0 Å². The number of nitrogen functional groups attached to an aromatic ring is 1. The Kier molecular flexibility index (Phi) is 4.70. The van der Waals surface area contributed by atoms with Crippen LogP contribution < -0.4 is 15.8 Å². The largest absolute Gasteiger partial charge is 0.497 e. The van der Waals surface area contributed by atoms with Crippen LogP contribution in [0.5, 0.6) is 5.75 Å². The Balaban J connectivity index is 2.44. The fourth-order valence-electron chi connectivity index (χ4n) is 1.89. The number of nitrogens with one attached hydrogen (secondary N) is 1. The minimum absolute atomic E-state index is 0.372. The number of nitrogens with two attached hydrogens (primary N) is 1. The first-order valence-corrected chi connectivity index (χ1v) is 6.93. The van der Waals surface area contributed by atoms with Gasteiger partial charge >= 0.3 is 5.97 Å². The van der Waals surface area contributed by atoms with Gasteiger partial charge in [0.15, 0.2) is 0 Å². The molecule has 0 saturated carbocycles. The van der Waals surface area contributed by atoms with E-state index in [1.807, 2.05) is 12.1 Å². The van der Waals surface area contributed by atoms with Crippen LogP contribution in [0.25, 0.3) is 0 Å². The Morgan fingerprint density at radius 3 is 2.67 bits per heavy atom. The molecule has 0 atom stereocenters. The van der Waals surface area contributed by atoms with Crippen molar-refractivity contribution in [3.8, 4) is 5.75 Å². The minimum atomic E-state index is -0.452. The molecule has 0 amide bonds. The number of hydrogen-bond acceptors (Lipinski definition) is 5. The summed E-state index contributed by atoms with van der Waals surface area (Å²) in [6, 6.07) is 10.6. The summed E-state index contributed by atoms with van der Waals surface area (Å²) in [5.41, 5.74) is 8.03. The summed E-state index contributed by atoms with van der Waals surface area (Å²) in [5.74, 6) is 0.229. The van der Waals surface area contributed by atoms with Gasteiger partial charge in [-0.25, -0.2) is 4.79 Å². The Morgan fingerprint density at radius 2 is 2.00 bits per heavy atom. The van der Waals surface area contributed by atoms with Gasteiger partial charge in [-0.15, -0.1) is 0 Å². The Bertz CT molecular complexity index is 674. The molecule has 0 bridgehead atoms. The number of hydrogen-bond donors (Lipinski definition) is 2. The Labute approximate surface area is 131 Å². The van der Waals surface area contributed by atoms with Crippen molar-refractivity contribution >= 4 is 39.0 Å². The number of rotatable bonds is 4. The van der Waals surface area contributed by atoms with Gasteiger partial charge in [-0.05, 0) is 24.3 Å². The molecule has 0 saturated heterocycles. The molecule has 110 valence electrons. The van der Waals surface area contributed by atoms with Gasteiger partial charge < -0.3 is 20.5 Å². The fraction of sp³-hybridized carbons (Fsp3) is 0.133. The number of ether oxygens (including phenoxy) is 2. The van der Waals surface area contributed by atoms with Gasteiger partial charge in [0.05, 0.1) is 31.2 Å². The number of methoxy groups -OCH3 is 2. The molecular weight excluding hydrogens is 336 g/mol. The fourth-order valence-corrected chi connectivity index (χ4v) is 2.36. The zero-order valence-corrected chi connectivity index (χ0v) is 13.2. The number of para-hydroxylation sites is 1. The second-order valence-corrected chi connectivity index (χ2v) is 5.18. The molecule has 0 fully saturated rings. The number of halogens is 1. The second kappa shape index (κ2) is 6.49. The monoisotopic (exact) mass is 350 g/mol. The topological polar surface area (TPSA) is 73.6 Å². The van der Waals surface area contributed by atoms with Crippen LogP contribution >= 0.6 is 15.9 Å². The predicted octanol–water partition coefficient (Wildman–Crippen LogP) is 3.57. The molecule has 0 aliphatic carbocycles. The molecule has 6 heteroatoms. The van der Waals surface area contributed by atoms with Gasteiger partial charge in [0, 0.05) is 16.2 Å². The first-order valence-electron chi connectivity index (χ1n) is 6.13. The van der Waals surface area contributed by atoms with Crippen LogP contribution in [0.2, 0.25) is 0 Å². The van der Waals surface area contributed by atoms with Crippen molar-refractivity contribution < 1.29 is 14.3 Å². The van der Waals surface area contributed by atoms with E-state index in [4.69, 9.17) is 15.2 Å². The van der Waals surface area contributed by atoms with E-state index in [0.717, 1.165) is 10.2 Å². The first kappa shape index (κ1) is 15.2. The van der Waals surface area contributed by atoms with Gasteiger partial charge in [-0.2, -0.15) is 0 Å². The Hall–Kier alpha value is -2.21. The van der Waals surface area contributed by atoms with Crippen LogP contribution in [0.4, 0.5) is 17.1 Å². The molecule has 2 rings (SSSR count). The van der Waals surface area contributed by atoms with Crippen molar-refractivity contribution in [2.24, 2.45) is 0 Å². The van der Waals surface area contributed by atoms with Crippen LogP contribution in [0.3, 0.4) is 0 Å². The molecule has 21 heavy (non-hydrogen) atoms. The first-order chi connectivity index (χ1) is 10.0. The zero-order valence-electron chi connectivity index (χ0n) is 11.6. The molecule has 0 aromatic heterocycles. The summed E-state index contributed by atoms with van der Waals surface area (Å²) >= 11 is 3.40. The average Bonchev–Trinajstić information content (AvgIpc) is 2.48. The lowest BCUT2D eigenvalue weighted by Crippen LogP contribution is -2.08. The predicted molar refractivity (Wildman–Crippen MR) is 86.2 cm³/mol. The maximum Gasteiger partial charge on any atom is 0.340 e. The molecule has 0 unspecified atom stereocenters. The lowest BCUT2D eigenvalue weighted by atomic mass is 10.1. The van der Waals surface area contributed by atoms with Crippen LogP contribution in [0, 0.1) is 0 Å². The van der Waals surface area contributed by atoms with E-state index in [2.05, 4.69) is 21.2 Å². The molecule has 5 nitrogen and oxygen atoms in total. The maximum atomic E-state index is 11.8. The van der Waals surface area contributed by atoms with E-state index >= 15 is 0 Å². The second-order valence-electron chi connectivity index (χ2n) is 4.27. The molecule has 0 aliphatic rings. The van der Waals surface area contributed by atoms with Gasteiger partial charge in [-0.3, -0.25) is 0 Å². The van der Waals surface area contributed by atoms with E-state index in [1.165, 1.54) is 7.11 Å². The lowest BCUT2D eigenvalue weighted by Gasteiger charge is -2.14. The highest BCUT2D eigenvalue weighted by Gasteiger charge is 2.14. The van der Waals surface area contributed by atoms with Crippen molar-refractivity contribution in [3.05, 3.63) is 46.4 Å². The van der Waals surface area contributed by atoms with Crippen LogP contribution in [0.15, 0.2) is 40.9 Å². The highest BCUT2D eigenvalue weighted by molar-refractivity contribution is 9.10. The quantitative estimate of drug-likeness (QED) is 0.651. The summed E-state index contributed by atoms with van der Waals surface area (Å²) < 4.78 is 10.8. The standard InChI is InChI=1S/C15H15BrN2O3/c1-20-11-7-9(16)6-10(8-11)18-14-12(15(19)21-2)4-3-5-13(14)17/h3-8,18H,17H2,1-2H3. The number of anilines is 3. The third-order valence-corrected chi connectivity index (χ3v) is 3.34. The van der Waals surface area contributed by atoms with Gasteiger partial charge in [0.1, 0.15) is 5.75 Å². The average molecular weight is 351 g/mol. The van der Waals surface area contributed by atoms with E-state index in [1.54, 1.807) is 31.4 Å². The summed E-state index contributed by atoms with van der Waals surface area (Å²) in [6.45, 7) is 0. The number of carbonyl (C=O) groups excluding carboxylic acids is 1. The smallest absolute Gasteiger partial charge is 0.340 e. The summed E-state index contributed by atoms with van der Waals surface area (Å²) in [5, 5.41) is 3.14. The molecule has 0 radical (unpaired) electrons. The number of benzene rings is 2. The number of esters is 1. The maximum absolute atomic E-state index is 11.8. The van der Waals surface area contributed by atoms with Crippen LogP contribution in [-0.4, -0.2) is 20.2 Å². The highest BCUT2D eigenvalue weighted by atomic mass is 79.9. The third kappa shape index (κ3) is 3.46. The minimum Gasteiger partial charge on any atom is -0.497 e. The molecule has 3 N–H and O–H groups in total. The van der Waals surface area contributed by atoms with E-state index in [9.17, 15) is 4.79 Å².